The zero-order valence-corrected chi connectivity index (χ0v) is 12.3. The predicted molar refractivity (Wildman–Crippen MR) is 75.4 cm³/mol. The average molecular weight is 328 g/mol. The molecule has 0 amide bonds. The van der Waals surface area contributed by atoms with E-state index >= 15 is 0 Å². The molecule has 0 bridgehead atoms. The molecule has 0 saturated heterocycles. The van der Waals surface area contributed by atoms with Gasteiger partial charge in [-0.1, -0.05) is 12.1 Å². The monoisotopic (exact) mass is 328 g/mol. The van der Waals surface area contributed by atoms with Gasteiger partial charge in [0.2, 0.25) is 0 Å². The molecule has 2 N–H and O–H groups in total. The summed E-state index contributed by atoms with van der Waals surface area (Å²) in [6, 6.07) is 4.67. The highest BCUT2D eigenvalue weighted by molar-refractivity contribution is 5.86. The number of H-pyrrole nitrogens is 1. The molecule has 0 atom stereocenters. The van der Waals surface area contributed by atoms with E-state index in [0.29, 0.717) is 30.1 Å². The van der Waals surface area contributed by atoms with Crippen LogP contribution in [-0.4, -0.2) is 34.8 Å². The van der Waals surface area contributed by atoms with Crippen molar-refractivity contribution >= 4 is 5.97 Å². The maximum Gasteiger partial charge on any atom is 0.416 e. The Balaban J connectivity index is 2.18. The van der Waals surface area contributed by atoms with Crippen LogP contribution in [0.4, 0.5) is 13.2 Å². The first-order chi connectivity index (χ1) is 10.8. The molecule has 1 heterocycles. The highest BCUT2D eigenvalue weighted by Crippen LogP contribution is 2.29. The van der Waals surface area contributed by atoms with Crippen LogP contribution >= 0.6 is 0 Å². The van der Waals surface area contributed by atoms with Crippen molar-refractivity contribution in [3.05, 3.63) is 52.6 Å². The standard InChI is InChI=1S/C15H15F3N2O3/c1-23-7-6-11-13(14(21)22)20-12(19-11)8-9-2-4-10(5-3-9)15(16,17)18/h2-5H,6-8H2,1H3,(H,19,20)(H,21,22). The number of hydrogen-bond acceptors (Lipinski definition) is 3. The lowest BCUT2D eigenvalue weighted by molar-refractivity contribution is -0.137. The number of ether oxygens (including phenoxy) is 1. The molecule has 124 valence electrons. The summed E-state index contributed by atoms with van der Waals surface area (Å²) < 4.78 is 42.4. The van der Waals surface area contributed by atoms with E-state index in [4.69, 9.17) is 9.84 Å². The molecule has 0 fully saturated rings. The molecule has 8 heteroatoms. The Hall–Kier alpha value is -2.35. The van der Waals surface area contributed by atoms with Crippen molar-refractivity contribution in [3.8, 4) is 0 Å². The van der Waals surface area contributed by atoms with Crippen molar-refractivity contribution in [2.75, 3.05) is 13.7 Å². The van der Waals surface area contributed by atoms with Gasteiger partial charge in [-0.2, -0.15) is 13.2 Å². The molecule has 0 spiro atoms. The molecule has 2 aromatic rings. The zero-order chi connectivity index (χ0) is 17.0. The molecule has 0 saturated carbocycles. The fourth-order valence-corrected chi connectivity index (χ4v) is 2.11. The maximum absolute atomic E-state index is 12.5. The van der Waals surface area contributed by atoms with E-state index in [-0.39, 0.29) is 12.1 Å². The summed E-state index contributed by atoms with van der Waals surface area (Å²) in [5, 5.41) is 9.12. The average Bonchev–Trinajstić information content (AvgIpc) is 2.88. The Morgan fingerprint density at radius 1 is 1.30 bits per heavy atom. The van der Waals surface area contributed by atoms with Gasteiger partial charge in [0.05, 0.1) is 17.9 Å². The largest absolute Gasteiger partial charge is 0.476 e. The number of aromatic carboxylic acids is 1. The van der Waals surface area contributed by atoms with Crippen molar-refractivity contribution in [2.45, 2.75) is 19.0 Å². The number of carboxylic acid groups (broad SMARTS) is 1. The number of carboxylic acids is 1. The fraction of sp³-hybridized carbons (Fsp3) is 0.333. The third-order valence-corrected chi connectivity index (χ3v) is 3.24. The number of aromatic nitrogens is 2. The lowest BCUT2D eigenvalue weighted by atomic mass is 10.1. The summed E-state index contributed by atoms with van der Waals surface area (Å²) in [4.78, 5) is 18.1. The van der Waals surface area contributed by atoms with Crippen molar-refractivity contribution in [3.63, 3.8) is 0 Å². The molecule has 5 nitrogen and oxygen atoms in total. The summed E-state index contributed by atoms with van der Waals surface area (Å²) in [5.41, 5.74) is 0.208. The van der Waals surface area contributed by atoms with Gasteiger partial charge in [0.1, 0.15) is 5.82 Å². The first kappa shape index (κ1) is 17.0. The van der Waals surface area contributed by atoms with E-state index in [1.54, 1.807) is 0 Å². The van der Waals surface area contributed by atoms with Gasteiger partial charge in [0, 0.05) is 20.0 Å². The van der Waals surface area contributed by atoms with Gasteiger partial charge in [-0.15, -0.1) is 0 Å². The molecule has 0 unspecified atom stereocenters. The first-order valence-corrected chi connectivity index (χ1v) is 6.77. The van der Waals surface area contributed by atoms with E-state index in [1.165, 1.54) is 19.2 Å². The van der Waals surface area contributed by atoms with E-state index < -0.39 is 17.7 Å². The number of alkyl halides is 3. The Bertz CT molecular complexity index is 678. The number of benzene rings is 1. The lowest BCUT2D eigenvalue weighted by Gasteiger charge is -2.06. The number of nitrogens with one attached hydrogen (secondary N) is 1. The van der Waals surface area contributed by atoms with E-state index in [2.05, 4.69) is 9.97 Å². The van der Waals surface area contributed by atoms with Crippen molar-refractivity contribution in [1.29, 1.82) is 0 Å². The van der Waals surface area contributed by atoms with Gasteiger partial charge < -0.3 is 14.8 Å². The smallest absolute Gasteiger partial charge is 0.416 e. The van der Waals surface area contributed by atoms with Gasteiger partial charge >= 0.3 is 12.1 Å². The number of halogens is 3. The Morgan fingerprint density at radius 2 is 1.96 bits per heavy atom. The Morgan fingerprint density at radius 3 is 2.48 bits per heavy atom. The number of rotatable bonds is 6. The van der Waals surface area contributed by atoms with Gasteiger partial charge in [-0.05, 0) is 17.7 Å². The lowest BCUT2D eigenvalue weighted by Crippen LogP contribution is -2.04. The van der Waals surface area contributed by atoms with Crippen molar-refractivity contribution < 1.29 is 27.8 Å². The highest BCUT2D eigenvalue weighted by atomic mass is 19.4. The fourth-order valence-electron chi connectivity index (χ4n) is 2.11. The zero-order valence-electron chi connectivity index (χ0n) is 12.3. The van der Waals surface area contributed by atoms with Crippen molar-refractivity contribution in [2.24, 2.45) is 0 Å². The number of carbonyl (C=O) groups is 1. The van der Waals surface area contributed by atoms with Crippen LogP contribution in [0.1, 0.15) is 33.1 Å². The second-order valence-electron chi connectivity index (χ2n) is 4.93. The molecule has 0 aliphatic heterocycles. The third kappa shape index (κ3) is 4.32. The summed E-state index contributed by atoms with van der Waals surface area (Å²) in [5.74, 6) is -0.778. The molecule has 0 aliphatic carbocycles. The second kappa shape index (κ2) is 6.82. The quantitative estimate of drug-likeness (QED) is 0.855. The Labute approximate surface area is 130 Å². The van der Waals surface area contributed by atoms with Crippen LogP contribution in [0.25, 0.3) is 0 Å². The van der Waals surface area contributed by atoms with Crippen LogP contribution < -0.4 is 0 Å². The van der Waals surface area contributed by atoms with E-state index in [1.807, 2.05) is 0 Å². The van der Waals surface area contributed by atoms with E-state index in [9.17, 15) is 18.0 Å². The second-order valence-corrected chi connectivity index (χ2v) is 4.93. The van der Waals surface area contributed by atoms with Gasteiger partial charge in [0.25, 0.3) is 0 Å². The van der Waals surface area contributed by atoms with E-state index in [0.717, 1.165) is 12.1 Å². The van der Waals surface area contributed by atoms with Crippen LogP contribution in [0.15, 0.2) is 24.3 Å². The minimum absolute atomic E-state index is 0.0936. The number of imidazole rings is 1. The molecule has 0 radical (unpaired) electrons. The summed E-state index contributed by atoms with van der Waals surface area (Å²) >= 11 is 0. The Kier molecular flexibility index (Phi) is 5.05. The topological polar surface area (TPSA) is 75.2 Å². The van der Waals surface area contributed by atoms with Gasteiger partial charge in [-0.3, -0.25) is 0 Å². The highest BCUT2D eigenvalue weighted by Gasteiger charge is 2.30. The van der Waals surface area contributed by atoms with Crippen LogP contribution in [-0.2, 0) is 23.8 Å². The van der Waals surface area contributed by atoms with Gasteiger partial charge in [0.15, 0.2) is 5.69 Å². The van der Waals surface area contributed by atoms with Crippen molar-refractivity contribution in [1.82, 2.24) is 9.97 Å². The molecule has 2 rings (SSSR count). The molecule has 0 aliphatic rings. The maximum atomic E-state index is 12.5. The summed E-state index contributed by atoms with van der Waals surface area (Å²) in [7, 11) is 1.50. The minimum atomic E-state index is -4.38. The number of methoxy groups -OCH3 is 1. The van der Waals surface area contributed by atoms with Crippen LogP contribution in [0.5, 0.6) is 0 Å². The third-order valence-electron chi connectivity index (χ3n) is 3.24. The number of nitrogens with zero attached hydrogens (tertiary/aromatic N) is 1. The van der Waals surface area contributed by atoms with Crippen LogP contribution in [0.2, 0.25) is 0 Å². The summed E-state index contributed by atoms with van der Waals surface area (Å²) in [6.45, 7) is 0.336. The molecule has 23 heavy (non-hydrogen) atoms. The minimum Gasteiger partial charge on any atom is -0.476 e. The predicted octanol–water partition coefficient (Wildman–Crippen LogP) is 2.91. The van der Waals surface area contributed by atoms with Crippen LogP contribution in [0.3, 0.4) is 0 Å². The normalized spacial score (nSPS) is 11.7. The van der Waals surface area contributed by atoms with Gasteiger partial charge in [-0.25, -0.2) is 9.78 Å². The molecular weight excluding hydrogens is 313 g/mol. The molecular formula is C15H15F3N2O3. The number of hydrogen-bond donors (Lipinski definition) is 2. The summed E-state index contributed by atoms with van der Waals surface area (Å²) in [6.07, 6.45) is -3.81. The SMILES string of the molecule is COCCc1[nH]c(Cc2ccc(C(F)(F)F)cc2)nc1C(=O)O. The molecule has 1 aromatic carbocycles. The first-order valence-electron chi connectivity index (χ1n) is 6.77. The molecule has 1 aromatic heterocycles. The number of aromatic amines is 1. The van der Waals surface area contributed by atoms with Crippen LogP contribution in [0, 0.1) is 0 Å².